The lowest BCUT2D eigenvalue weighted by Crippen LogP contribution is -2.68. The van der Waals surface area contributed by atoms with Gasteiger partial charge in [-0.2, -0.15) is 0 Å². The lowest BCUT2D eigenvalue weighted by atomic mass is 9.32. The van der Waals surface area contributed by atoms with Gasteiger partial charge in [0.25, 0.3) is 0 Å². The molecule has 0 radical (unpaired) electrons. The van der Waals surface area contributed by atoms with Crippen LogP contribution < -0.4 is 5.73 Å². The summed E-state index contributed by atoms with van der Waals surface area (Å²) >= 11 is 0. The van der Waals surface area contributed by atoms with Crippen molar-refractivity contribution in [1.29, 1.82) is 0 Å². The Bertz CT molecular complexity index is 773. The molecule has 0 amide bonds. The van der Waals surface area contributed by atoms with Crippen LogP contribution in [0.4, 0.5) is 0 Å². The molecule has 0 saturated heterocycles. The second-order valence-corrected chi connectivity index (χ2v) is 14.3. The third-order valence-electron chi connectivity index (χ3n) is 13.1. The molecule has 2 heteroatoms. The zero-order valence-electron chi connectivity index (χ0n) is 21.3. The maximum Gasteiger partial charge on any atom is 0.0594 e. The topological polar surface area (TPSA) is 46.2 Å². The van der Waals surface area contributed by atoms with E-state index >= 15 is 0 Å². The molecular formula is C29H49NO. The Morgan fingerprint density at radius 1 is 0.806 bits per heavy atom. The molecule has 9 unspecified atom stereocenters. The van der Waals surface area contributed by atoms with Crippen LogP contribution in [0.25, 0.3) is 0 Å². The highest BCUT2D eigenvalue weighted by Crippen LogP contribution is 2.76. The predicted octanol–water partition coefficient (Wildman–Crippen LogP) is 6.72. The first-order valence-electron chi connectivity index (χ1n) is 13.4. The molecule has 0 aromatic rings. The standard InChI is InChI=1S/C29H49NO/c1-18(2)19-10-15-29(30)17-16-27(6)20(24(19)29)8-9-22-26(5)13-12-23(31)25(3,4)21(26)11-14-28(22,27)7/h19-24,31H,1,8-17,30H2,2-7H3/t19?,20?,21?,22?,23?,24?,26?,27-,28?,29?/m1/s1. The van der Waals surface area contributed by atoms with Gasteiger partial charge in [0.1, 0.15) is 0 Å². The van der Waals surface area contributed by atoms with E-state index in [1.165, 1.54) is 63.4 Å². The van der Waals surface area contributed by atoms with Crippen molar-refractivity contribution in [1.82, 2.24) is 0 Å². The number of nitrogens with two attached hydrogens (primary N) is 1. The summed E-state index contributed by atoms with van der Waals surface area (Å²) < 4.78 is 0. The van der Waals surface area contributed by atoms with Crippen LogP contribution in [0.2, 0.25) is 0 Å². The van der Waals surface area contributed by atoms with Gasteiger partial charge in [-0.3, -0.25) is 0 Å². The van der Waals surface area contributed by atoms with Gasteiger partial charge in [0.05, 0.1) is 6.10 Å². The van der Waals surface area contributed by atoms with Gasteiger partial charge in [-0.05, 0) is 122 Å². The fourth-order valence-corrected chi connectivity index (χ4v) is 11.2. The molecule has 0 bridgehead atoms. The maximum absolute atomic E-state index is 10.9. The Hall–Kier alpha value is -0.340. The summed E-state index contributed by atoms with van der Waals surface area (Å²) in [4.78, 5) is 0. The van der Waals surface area contributed by atoms with Crippen molar-refractivity contribution in [3.63, 3.8) is 0 Å². The third-order valence-corrected chi connectivity index (χ3v) is 13.1. The van der Waals surface area contributed by atoms with E-state index < -0.39 is 0 Å². The quantitative estimate of drug-likeness (QED) is 0.456. The van der Waals surface area contributed by atoms with Gasteiger partial charge in [0.2, 0.25) is 0 Å². The summed E-state index contributed by atoms with van der Waals surface area (Å²) in [6.45, 7) is 19.4. The largest absolute Gasteiger partial charge is 0.393 e. The van der Waals surface area contributed by atoms with Crippen LogP contribution in [0.1, 0.15) is 106 Å². The SMILES string of the molecule is C=C(C)C1CCC2(N)CC[C@]3(C)C(CCC4C5(C)CCC(O)C(C)(C)C5CCC43C)C12. The molecule has 0 aromatic carbocycles. The second kappa shape index (κ2) is 6.62. The van der Waals surface area contributed by atoms with Crippen LogP contribution in [0.5, 0.6) is 0 Å². The van der Waals surface area contributed by atoms with Crippen molar-refractivity contribution in [2.75, 3.05) is 0 Å². The molecule has 31 heavy (non-hydrogen) atoms. The van der Waals surface area contributed by atoms with Gasteiger partial charge < -0.3 is 10.8 Å². The Morgan fingerprint density at radius 2 is 1.52 bits per heavy atom. The number of rotatable bonds is 1. The Kier molecular flexibility index (Phi) is 4.80. The predicted molar refractivity (Wildman–Crippen MR) is 129 cm³/mol. The van der Waals surface area contributed by atoms with Crippen LogP contribution in [-0.2, 0) is 0 Å². The van der Waals surface area contributed by atoms with Crippen LogP contribution in [0, 0.1) is 51.2 Å². The highest BCUT2D eigenvalue weighted by atomic mass is 16.3. The van der Waals surface area contributed by atoms with Crippen molar-refractivity contribution >= 4 is 0 Å². The highest BCUT2D eigenvalue weighted by molar-refractivity contribution is 5.23. The molecule has 0 aliphatic heterocycles. The minimum absolute atomic E-state index is 0.0432. The number of hydrogen-bond donors (Lipinski definition) is 2. The first-order valence-corrected chi connectivity index (χ1v) is 13.4. The number of fused-ring (bicyclic) bond motifs is 7. The van der Waals surface area contributed by atoms with Crippen molar-refractivity contribution in [2.45, 2.75) is 117 Å². The molecule has 0 spiro atoms. The van der Waals surface area contributed by atoms with E-state index in [4.69, 9.17) is 5.73 Å². The zero-order valence-corrected chi connectivity index (χ0v) is 21.3. The van der Waals surface area contributed by atoms with Crippen LogP contribution in [0.3, 0.4) is 0 Å². The summed E-state index contributed by atoms with van der Waals surface area (Å²) in [6.07, 6.45) is 12.4. The summed E-state index contributed by atoms with van der Waals surface area (Å²) in [6, 6.07) is 0. The molecule has 5 aliphatic rings. The van der Waals surface area contributed by atoms with Crippen molar-refractivity contribution < 1.29 is 5.11 Å². The van der Waals surface area contributed by atoms with Crippen LogP contribution in [0.15, 0.2) is 12.2 Å². The number of hydrogen-bond acceptors (Lipinski definition) is 2. The molecule has 5 saturated carbocycles. The fraction of sp³-hybridized carbons (Fsp3) is 0.931. The minimum atomic E-state index is -0.135. The first-order chi connectivity index (χ1) is 14.3. The number of aliphatic hydroxyl groups is 1. The normalized spacial score (nSPS) is 57.9. The van der Waals surface area contributed by atoms with E-state index in [9.17, 15) is 5.11 Å². The Labute approximate surface area is 191 Å². The van der Waals surface area contributed by atoms with Crippen molar-refractivity contribution in [3.05, 3.63) is 12.2 Å². The Morgan fingerprint density at radius 3 is 2.19 bits per heavy atom. The lowest BCUT2D eigenvalue weighted by Gasteiger charge is -2.72. The fourth-order valence-electron chi connectivity index (χ4n) is 11.2. The molecule has 3 N–H and O–H groups in total. The highest BCUT2D eigenvalue weighted by Gasteiger charge is 2.70. The summed E-state index contributed by atoms with van der Waals surface area (Å²) in [5, 5.41) is 10.9. The third kappa shape index (κ3) is 2.64. The van der Waals surface area contributed by atoms with Crippen LogP contribution in [-0.4, -0.2) is 16.7 Å². The monoisotopic (exact) mass is 427 g/mol. The second-order valence-electron chi connectivity index (χ2n) is 14.3. The molecule has 0 heterocycles. The number of aliphatic hydroxyl groups excluding tert-OH is 1. The molecule has 2 nitrogen and oxygen atoms in total. The smallest absolute Gasteiger partial charge is 0.0594 e. The van der Waals surface area contributed by atoms with Crippen molar-refractivity contribution in [3.8, 4) is 0 Å². The number of allylic oxidation sites excluding steroid dienone is 1. The van der Waals surface area contributed by atoms with Gasteiger partial charge in [-0.25, -0.2) is 0 Å². The summed E-state index contributed by atoms with van der Waals surface area (Å²) in [5.41, 5.74) is 9.80. The first kappa shape index (κ1) is 22.5. The van der Waals surface area contributed by atoms with E-state index in [0.29, 0.717) is 34.0 Å². The average Bonchev–Trinajstić information content (AvgIpc) is 3.04. The molecule has 5 rings (SSSR count). The maximum atomic E-state index is 10.9. The van der Waals surface area contributed by atoms with E-state index in [0.717, 1.165) is 18.3 Å². The van der Waals surface area contributed by atoms with E-state index in [-0.39, 0.29) is 17.1 Å². The summed E-state index contributed by atoms with van der Waals surface area (Å²) in [5.74, 6) is 3.44. The lowest BCUT2D eigenvalue weighted by molar-refractivity contribution is -0.242. The average molecular weight is 428 g/mol. The van der Waals surface area contributed by atoms with Crippen LogP contribution >= 0.6 is 0 Å². The minimum Gasteiger partial charge on any atom is -0.393 e. The van der Waals surface area contributed by atoms with Gasteiger partial charge in [0, 0.05) is 5.54 Å². The van der Waals surface area contributed by atoms with E-state index in [1.807, 2.05) is 0 Å². The van der Waals surface area contributed by atoms with E-state index in [1.54, 1.807) is 0 Å². The summed E-state index contributed by atoms with van der Waals surface area (Å²) in [7, 11) is 0. The zero-order chi connectivity index (χ0) is 22.6. The van der Waals surface area contributed by atoms with E-state index in [2.05, 4.69) is 48.1 Å². The van der Waals surface area contributed by atoms with Gasteiger partial charge in [-0.1, -0.05) is 46.8 Å². The van der Waals surface area contributed by atoms with Gasteiger partial charge in [0.15, 0.2) is 0 Å². The molecule has 0 aromatic heterocycles. The van der Waals surface area contributed by atoms with Gasteiger partial charge >= 0.3 is 0 Å². The molecule has 5 fully saturated rings. The molecule has 5 aliphatic carbocycles. The molecule has 10 atom stereocenters. The molecule has 176 valence electrons. The molecular weight excluding hydrogens is 378 g/mol. The Balaban J connectivity index is 1.54. The van der Waals surface area contributed by atoms with Crippen molar-refractivity contribution in [2.24, 2.45) is 57.0 Å². The van der Waals surface area contributed by atoms with Gasteiger partial charge in [-0.15, -0.1) is 0 Å².